The van der Waals surface area contributed by atoms with Crippen molar-refractivity contribution in [3.8, 4) is 11.5 Å². The van der Waals surface area contributed by atoms with Gasteiger partial charge in [-0.05, 0) is 35.5 Å². The summed E-state index contributed by atoms with van der Waals surface area (Å²) in [5.41, 5.74) is 1.40. The van der Waals surface area contributed by atoms with Crippen LogP contribution in [-0.2, 0) is 14.4 Å². The average Bonchev–Trinajstić information content (AvgIpc) is 3.38. The van der Waals surface area contributed by atoms with Gasteiger partial charge in [0.15, 0.2) is 0 Å². The van der Waals surface area contributed by atoms with Gasteiger partial charge >= 0.3 is 0 Å². The Bertz CT molecular complexity index is 1180. The molecular weight excluding hydrogens is 470 g/mol. The van der Waals surface area contributed by atoms with E-state index in [1.807, 2.05) is 30.3 Å². The fourth-order valence-corrected chi connectivity index (χ4v) is 4.82. The zero-order chi connectivity index (χ0) is 24.9. The molecule has 2 aromatic rings. The second kappa shape index (κ2) is 10.6. The van der Waals surface area contributed by atoms with Crippen LogP contribution in [0.25, 0.3) is 6.08 Å². The van der Waals surface area contributed by atoms with Crippen LogP contribution in [-0.4, -0.2) is 61.7 Å². The Morgan fingerprint density at radius 1 is 1.11 bits per heavy atom. The van der Waals surface area contributed by atoms with E-state index in [0.29, 0.717) is 22.1 Å². The third kappa shape index (κ3) is 5.32. The molecular formula is C25H25N3O6S. The van der Waals surface area contributed by atoms with Crippen LogP contribution in [0, 0.1) is 5.92 Å². The number of ether oxygens (including phenoxy) is 2. The molecule has 1 atom stereocenters. The van der Waals surface area contributed by atoms with Crippen molar-refractivity contribution in [2.75, 3.05) is 38.8 Å². The molecule has 35 heavy (non-hydrogen) atoms. The number of carbonyl (C=O) groups excluding carboxylic acids is 4. The Labute approximate surface area is 207 Å². The van der Waals surface area contributed by atoms with Crippen molar-refractivity contribution in [2.45, 2.75) is 6.42 Å². The van der Waals surface area contributed by atoms with Gasteiger partial charge in [-0.3, -0.25) is 24.1 Å². The Hall–Kier alpha value is -3.79. The second-order valence-corrected chi connectivity index (χ2v) is 8.97. The van der Waals surface area contributed by atoms with E-state index in [2.05, 4.69) is 5.32 Å². The number of hydrogen-bond donors (Lipinski definition) is 1. The lowest BCUT2D eigenvalue weighted by Gasteiger charge is -2.20. The van der Waals surface area contributed by atoms with E-state index in [1.54, 1.807) is 24.3 Å². The maximum atomic E-state index is 12.7. The predicted molar refractivity (Wildman–Crippen MR) is 132 cm³/mol. The number of rotatable bonds is 8. The topological polar surface area (TPSA) is 105 Å². The van der Waals surface area contributed by atoms with E-state index in [4.69, 9.17) is 9.47 Å². The van der Waals surface area contributed by atoms with Crippen LogP contribution in [0.5, 0.6) is 11.5 Å². The molecule has 2 saturated heterocycles. The van der Waals surface area contributed by atoms with Crippen LogP contribution in [0.4, 0.5) is 10.5 Å². The van der Waals surface area contributed by atoms with Crippen LogP contribution < -0.4 is 19.7 Å². The maximum Gasteiger partial charge on any atom is 0.293 e. The minimum atomic E-state index is -0.554. The number of nitrogens with one attached hydrogen (secondary N) is 1. The largest absolute Gasteiger partial charge is 0.497 e. The standard InChI is InChI=1S/C25H25N3O6S/c1-33-18-8-9-19(20(14-18)34-2)28-15-17(13-22(28)29)23(30)26-10-11-27-24(31)21(35-25(27)32)12-16-6-4-3-5-7-16/h3-9,12,14,17H,10-11,13,15H2,1-2H3,(H,26,30)/b21-12+. The summed E-state index contributed by atoms with van der Waals surface area (Å²) in [6, 6.07) is 14.4. The first-order valence-electron chi connectivity index (χ1n) is 11.0. The summed E-state index contributed by atoms with van der Waals surface area (Å²) in [6.07, 6.45) is 1.73. The lowest BCUT2D eigenvalue weighted by atomic mass is 10.1. The lowest BCUT2D eigenvalue weighted by molar-refractivity contribution is -0.127. The zero-order valence-corrected chi connectivity index (χ0v) is 20.2. The number of carbonyl (C=O) groups is 4. The predicted octanol–water partition coefficient (Wildman–Crippen LogP) is 2.91. The molecule has 2 aliphatic heterocycles. The number of anilines is 1. The highest BCUT2D eigenvalue weighted by Crippen LogP contribution is 2.36. The van der Waals surface area contributed by atoms with Crippen LogP contribution in [0.15, 0.2) is 53.4 Å². The normalized spacial score (nSPS) is 19.0. The van der Waals surface area contributed by atoms with Gasteiger partial charge in [-0.1, -0.05) is 30.3 Å². The van der Waals surface area contributed by atoms with Crippen molar-refractivity contribution in [2.24, 2.45) is 5.92 Å². The molecule has 4 rings (SSSR count). The highest BCUT2D eigenvalue weighted by molar-refractivity contribution is 8.18. The highest BCUT2D eigenvalue weighted by atomic mass is 32.2. The Balaban J connectivity index is 1.32. The molecule has 1 unspecified atom stereocenters. The second-order valence-electron chi connectivity index (χ2n) is 7.98. The molecule has 2 aromatic carbocycles. The van der Waals surface area contributed by atoms with E-state index >= 15 is 0 Å². The van der Waals surface area contributed by atoms with Gasteiger partial charge in [0.2, 0.25) is 11.8 Å². The molecule has 0 aliphatic carbocycles. The van der Waals surface area contributed by atoms with E-state index in [9.17, 15) is 19.2 Å². The summed E-state index contributed by atoms with van der Waals surface area (Å²) in [4.78, 5) is 53.3. The highest BCUT2D eigenvalue weighted by Gasteiger charge is 2.37. The number of nitrogens with zero attached hydrogens (tertiary/aromatic N) is 2. The minimum Gasteiger partial charge on any atom is -0.497 e. The number of imide groups is 1. The van der Waals surface area contributed by atoms with E-state index in [1.165, 1.54) is 19.1 Å². The lowest BCUT2D eigenvalue weighted by Crippen LogP contribution is -2.40. The third-order valence-corrected chi connectivity index (χ3v) is 6.69. The number of thioether (sulfide) groups is 1. The number of amides is 4. The van der Waals surface area contributed by atoms with Gasteiger partial charge < -0.3 is 19.7 Å². The number of benzene rings is 2. The molecule has 0 bridgehead atoms. The van der Waals surface area contributed by atoms with Gasteiger partial charge in [0.1, 0.15) is 11.5 Å². The first-order chi connectivity index (χ1) is 16.9. The average molecular weight is 496 g/mol. The fraction of sp³-hybridized carbons (Fsp3) is 0.280. The Kier molecular flexibility index (Phi) is 7.40. The van der Waals surface area contributed by atoms with Gasteiger partial charge in [-0.15, -0.1) is 0 Å². The quantitative estimate of drug-likeness (QED) is 0.562. The molecule has 2 heterocycles. The molecule has 1 N–H and O–H groups in total. The van der Waals surface area contributed by atoms with Gasteiger partial charge in [0.05, 0.1) is 30.7 Å². The van der Waals surface area contributed by atoms with Gasteiger partial charge in [0, 0.05) is 32.1 Å². The van der Waals surface area contributed by atoms with Gasteiger partial charge in [0.25, 0.3) is 11.1 Å². The molecule has 182 valence electrons. The Morgan fingerprint density at radius 2 is 1.89 bits per heavy atom. The van der Waals surface area contributed by atoms with E-state index in [-0.39, 0.29) is 49.0 Å². The molecule has 2 aliphatic rings. The fourth-order valence-electron chi connectivity index (χ4n) is 3.95. The smallest absolute Gasteiger partial charge is 0.293 e. The van der Waals surface area contributed by atoms with Crippen LogP contribution >= 0.6 is 11.8 Å². The van der Waals surface area contributed by atoms with Crippen molar-refractivity contribution in [3.63, 3.8) is 0 Å². The van der Waals surface area contributed by atoms with Crippen molar-refractivity contribution >= 4 is 46.5 Å². The van der Waals surface area contributed by atoms with Crippen molar-refractivity contribution in [1.29, 1.82) is 0 Å². The molecule has 0 saturated carbocycles. The summed E-state index contributed by atoms with van der Waals surface area (Å²) < 4.78 is 10.6. The summed E-state index contributed by atoms with van der Waals surface area (Å²) in [5.74, 6) is -0.362. The van der Waals surface area contributed by atoms with E-state index < -0.39 is 5.92 Å². The van der Waals surface area contributed by atoms with Crippen LogP contribution in [0.1, 0.15) is 12.0 Å². The van der Waals surface area contributed by atoms with E-state index in [0.717, 1.165) is 22.2 Å². The minimum absolute atomic E-state index is 0.0548. The summed E-state index contributed by atoms with van der Waals surface area (Å²) in [6.45, 7) is 0.361. The SMILES string of the molecule is COc1ccc(N2CC(C(=O)NCCN3C(=O)S/C(=C/c4ccccc4)C3=O)CC2=O)c(OC)c1. The third-order valence-electron chi connectivity index (χ3n) is 5.78. The first kappa shape index (κ1) is 24.3. The summed E-state index contributed by atoms with van der Waals surface area (Å²) >= 11 is 0.879. The van der Waals surface area contributed by atoms with Crippen molar-refractivity contribution in [3.05, 3.63) is 59.0 Å². The molecule has 0 spiro atoms. The van der Waals surface area contributed by atoms with Gasteiger partial charge in [-0.2, -0.15) is 0 Å². The maximum absolute atomic E-state index is 12.7. The summed E-state index contributed by atoms with van der Waals surface area (Å²) in [7, 11) is 3.04. The monoisotopic (exact) mass is 495 g/mol. The van der Waals surface area contributed by atoms with Crippen molar-refractivity contribution in [1.82, 2.24) is 10.2 Å². The van der Waals surface area contributed by atoms with Crippen LogP contribution in [0.3, 0.4) is 0 Å². The molecule has 2 fully saturated rings. The number of hydrogen-bond acceptors (Lipinski definition) is 7. The van der Waals surface area contributed by atoms with Crippen molar-refractivity contribution < 1.29 is 28.7 Å². The zero-order valence-electron chi connectivity index (χ0n) is 19.4. The Morgan fingerprint density at radius 3 is 2.60 bits per heavy atom. The molecule has 0 radical (unpaired) electrons. The van der Waals surface area contributed by atoms with Crippen LogP contribution in [0.2, 0.25) is 0 Å². The van der Waals surface area contributed by atoms with Gasteiger partial charge in [-0.25, -0.2) is 0 Å². The summed E-state index contributed by atoms with van der Waals surface area (Å²) in [5, 5.41) is 2.38. The molecule has 10 heteroatoms. The number of methoxy groups -OCH3 is 2. The molecule has 4 amide bonds. The molecule has 0 aromatic heterocycles. The first-order valence-corrected chi connectivity index (χ1v) is 11.8. The molecule has 9 nitrogen and oxygen atoms in total.